The Bertz CT molecular complexity index is 1250. The summed E-state index contributed by atoms with van der Waals surface area (Å²) in [4.78, 5) is 39.8. The summed E-state index contributed by atoms with van der Waals surface area (Å²) in [5.41, 5.74) is 3.31. The molecule has 1 heterocycles. The first-order valence-corrected chi connectivity index (χ1v) is 10.6. The van der Waals surface area contributed by atoms with Crippen LogP contribution in [-0.4, -0.2) is 33.9 Å². The van der Waals surface area contributed by atoms with Crippen LogP contribution in [0, 0.1) is 11.6 Å². The van der Waals surface area contributed by atoms with Gasteiger partial charge in [-0.2, -0.15) is 0 Å². The highest BCUT2D eigenvalue weighted by Crippen LogP contribution is 2.27. The number of halogens is 2. The molecule has 7 nitrogen and oxygen atoms in total. The summed E-state index contributed by atoms with van der Waals surface area (Å²) in [6.07, 6.45) is -0.338. The fraction of sp³-hybridized carbons (Fsp3) is 0.0833. The summed E-state index contributed by atoms with van der Waals surface area (Å²) in [6.45, 7) is 0. The van der Waals surface area contributed by atoms with Gasteiger partial charge in [-0.25, -0.2) is 13.8 Å². The number of carbonyl (C=O) groups is 3. The van der Waals surface area contributed by atoms with Crippen molar-refractivity contribution in [3.05, 3.63) is 96.1 Å². The second-order valence-electron chi connectivity index (χ2n) is 7.39. The molecule has 3 aromatic rings. The largest absolute Gasteiger partial charge is 0.326 e. The molecule has 0 aromatic heterocycles. The van der Waals surface area contributed by atoms with Crippen molar-refractivity contribution >= 4 is 46.4 Å². The van der Waals surface area contributed by atoms with Gasteiger partial charge in [-0.15, -0.1) is 0 Å². The lowest BCUT2D eigenvalue weighted by Gasteiger charge is -2.24. The summed E-state index contributed by atoms with van der Waals surface area (Å²) in [7, 11) is 0. The predicted molar refractivity (Wildman–Crippen MR) is 126 cm³/mol. The van der Waals surface area contributed by atoms with Gasteiger partial charge in [-0.1, -0.05) is 24.3 Å². The van der Waals surface area contributed by atoms with Gasteiger partial charge in [0, 0.05) is 11.3 Å². The zero-order valence-corrected chi connectivity index (χ0v) is 18.4. The Kier molecular flexibility index (Phi) is 6.60. The third-order valence-corrected chi connectivity index (χ3v) is 5.42. The summed E-state index contributed by atoms with van der Waals surface area (Å²) in [5, 5.41) is 3.67. The molecule has 4 rings (SSSR count). The topological polar surface area (TPSA) is 81.8 Å². The fourth-order valence-electron chi connectivity index (χ4n) is 3.44. The molecule has 1 aliphatic heterocycles. The zero-order chi connectivity index (χ0) is 24.2. The molecule has 3 aromatic carbocycles. The van der Waals surface area contributed by atoms with Gasteiger partial charge in [-0.05, 0) is 66.8 Å². The quantitative estimate of drug-likeness (QED) is 0.527. The maximum absolute atomic E-state index is 13.6. The van der Waals surface area contributed by atoms with Gasteiger partial charge >= 0.3 is 0 Å². The molecule has 1 aliphatic rings. The zero-order valence-electron chi connectivity index (χ0n) is 17.6. The molecule has 0 saturated carbocycles. The molecule has 172 valence electrons. The standard InChI is InChI=1S/C24H18F2N4O3S/c25-16-9-11-19(12-10-16)29-23(33)20(14-21(31)27-18-7-2-1-3-8-18)30(24(29)34)28-22(32)15-5-4-6-17(26)13-15/h1-13,20H,14H2,(H,27,31)(H,28,32). The molecule has 1 unspecified atom stereocenters. The normalized spacial score (nSPS) is 15.4. The molecule has 0 spiro atoms. The minimum atomic E-state index is -1.18. The number of para-hydroxylation sites is 1. The van der Waals surface area contributed by atoms with E-state index < -0.39 is 35.4 Å². The Morgan fingerprint density at radius 1 is 0.912 bits per heavy atom. The molecule has 2 N–H and O–H groups in total. The Morgan fingerprint density at radius 3 is 2.29 bits per heavy atom. The van der Waals surface area contributed by atoms with Crippen LogP contribution >= 0.6 is 12.2 Å². The lowest BCUT2D eigenvalue weighted by Crippen LogP contribution is -2.49. The molecule has 1 atom stereocenters. The minimum absolute atomic E-state index is 0.00275. The van der Waals surface area contributed by atoms with E-state index in [4.69, 9.17) is 12.2 Å². The molecule has 0 radical (unpaired) electrons. The molecule has 1 fully saturated rings. The number of amides is 3. The molecule has 0 bridgehead atoms. The van der Waals surface area contributed by atoms with E-state index in [0.29, 0.717) is 5.69 Å². The minimum Gasteiger partial charge on any atom is -0.326 e. The van der Waals surface area contributed by atoms with Crippen LogP contribution in [0.25, 0.3) is 0 Å². The second-order valence-corrected chi connectivity index (χ2v) is 7.75. The maximum atomic E-state index is 13.6. The van der Waals surface area contributed by atoms with E-state index in [2.05, 4.69) is 10.7 Å². The van der Waals surface area contributed by atoms with Crippen LogP contribution in [0.2, 0.25) is 0 Å². The summed E-state index contributed by atoms with van der Waals surface area (Å²) >= 11 is 5.42. The van der Waals surface area contributed by atoms with Crippen LogP contribution in [0.4, 0.5) is 20.2 Å². The first-order valence-electron chi connectivity index (χ1n) is 10.2. The van der Waals surface area contributed by atoms with Gasteiger partial charge < -0.3 is 5.32 Å². The Balaban J connectivity index is 1.61. The third-order valence-electron chi connectivity index (χ3n) is 5.04. The average molecular weight is 480 g/mol. The lowest BCUT2D eigenvalue weighted by atomic mass is 10.1. The van der Waals surface area contributed by atoms with Crippen molar-refractivity contribution in [2.24, 2.45) is 0 Å². The summed E-state index contributed by atoms with van der Waals surface area (Å²) in [6, 6.07) is 17.5. The number of benzene rings is 3. The average Bonchev–Trinajstić information content (AvgIpc) is 3.04. The highest BCUT2D eigenvalue weighted by Gasteiger charge is 2.45. The molecule has 1 saturated heterocycles. The maximum Gasteiger partial charge on any atom is 0.269 e. The first-order chi connectivity index (χ1) is 16.3. The number of hydrogen-bond donors (Lipinski definition) is 2. The highest BCUT2D eigenvalue weighted by atomic mass is 32.1. The van der Waals surface area contributed by atoms with E-state index in [-0.39, 0.29) is 22.8 Å². The van der Waals surface area contributed by atoms with Crippen molar-refractivity contribution in [2.75, 3.05) is 10.2 Å². The Labute approximate surface area is 198 Å². The number of nitrogens with one attached hydrogen (secondary N) is 2. The summed E-state index contributed by atoms with van der Waals surface area (Å²) < 4.78 is 27.0. The van der Waals surface area contributed by atoms with Crippen LogP contribution in [-0.2, 0) is 9.59 Å². The van der Waals surface area contributed by atoms with Gasteiger partial charge in [0.1, 0.15) is 17.7 Å². The van der Waals surface area contributed by atoms with Crippen molar-refractivity contribution in [1.82, 2.24) is 10.4 Å². The van der Waals surface area contributed by atoms with Crippen LogP contribution in [0.5, 0.6) is 0 Å². The van der Waals surface area contributed by atoms with E-state index in [1.807, 2.05) is 0 Å². The predicted octanol–water partition coefficient (Wildman–Crippen LogP) is 3.64. The van der Waals surface area contributed by atoms with Crippen LogP contribution in [0.3, 0.4) is 0 Å². The highest BCUT2D eigenvalue weighted by molar-refractivity contribution is 7.80. The van der Waals surface area contributed by atoms with Gasteiger partial charge in [0.2, 0.25) is 11.0 Å². The van der Waals surface area contributed by atoms with Crippen LogP contribution in [0.15, 0.2) is 78.9 Å². The van der Waals surface area contributed by atoms with Crippen molar-refractivity contribution in [2.45, 2.75) is 12.5 Å². The fourth-order valence-corrected chi connectivity index (χ4v) is 3.81. The van der Waals surface area contributed by atoms with Gasteiger partial charge in [0.05, 0.1) is 12.1 Å². The number of nitrogens with zero attached hydrogens (tertiary/aromatic N) is 2. The van der Waals surface area contributed by atoms with E-state index in [1.165, 1.54) is 30.3 Å². The van der Waals surface area contributed by atoms with Gasteiger partial charge in [0.25, 0.3) is 11.8 Å². The number of hydrogen-bond acceptors (Lipinski definition) is 4. The smallest absolute Gasteiger partial charge is 0.269 e. The van der Waals surface area contributed by atoms with Gasteiger partial charge in [0.15, 0.2) is 0 Å². The molecule has 34 heavy (non-hydrogen) atoms. The number of carbonyl (C=O) groups excluding carboxylic acids is 3. The van der Waals surface area contributed by atoms with Crippen LogP contribution < -0.4 is 15.6 Å². The molecular weight excluding hydrogens is 462 g/mol. The lowest BCUT2D eigenvalue weighted by molar-refractivity contribution is -0.124. The van der Waals surface area contributed by atoms with Crippen LogP contribution in [0.1, 0.15) is 16.8 Å². The Hall–Kier alpha value is -4.18. The molecule has 0 aliphatic carbocycles. The van der Waals surface area contributed by atoms with E-state index >= 15 is 0 Å². The van der Waals surface area contributed by atoms with E-state index in [1.54, 1.807) is 30.3 Å². The molecular formula is C24H18F2N4O3S. The SMILES string of the molecule is O=C(CC1C(=O)N(c2ccc(F)cc2)C(=S)N1NC(=O)c1cccc(F)c1)Nc1ccccc1. The monoisotopic (exact) mass is 480 g/mol. The number of anilines is 2. The van der Waals surface area contributed by atoms with Crippen molar-refractivity contribution in [3.8, 4) is 0 Å². The Morgan fingerprint density at radius 2 is 1.62 bits per heavy atom. The first kappa shape index (κ1) is 23.0. The number of rotatable bonds is 6. The second kappa shape index (κ2) is 9.75. The summed E-state index contributed by atoms with van der Waals surface area (Å²) in [5.74, 6) is -2.91. The van der Waals surface area contributed by atoms with E-state index in [0.717, 1.165) is 28.1 Å². The molecule has 10 heteroatoms. The number of hydrazine groups is 1. The number of thiocarbonyl (C=S) groups is 1. The van der Waals surface area contributed by atoms with Crippen molar-refractivity contribution in [3.63, 3.8) is 0 Å². The molecule has 3 amide bonds. The van der Waals surface area contributed by atoms with Gasteiger partial charge in [-0.3, -0.25) is 24.7 Å². The third kappa shape index (κ3) is 4.91. The van der Waals surface area contributed by atoms with E-state index in [9.17, 15) is 23.2 Å². The van der Waals surface area contributed by atoms with Crippen molar-refractivity contribution < 1.29 is 23.2 Å². The van der Waals surface area contributed by atoms with Crippen molar-refractivity contribution in [1.29, 1.82) is 0 Å².